The lowest BCUT2D eigenvalue weighted by Gasteiger charge is -2.13. The summed E-state index contributed by atoms with van der Waals surface area (Å²) in [7, 11) is 0. The van der Waals surface area contributed by atoms with Gasteiger partial charge in [0.05, 0.1) is 11.3 Å². The molecule has 0 aliphatic carbocycles. The van der Waals surface area contributed by atoms with Crippen LogP contribution in [-0.2, 0) is 17.9 Å². The molecular formula is C26H23F2N5O3. The minimum Gasteiger partial charge on any atom is -0.435 e. The van der Waals surface area contributed by atoms with E-state index >= 15 is 0 Å². The van der Waals surface area contributed by atoms with E-state index in [1.165, 1.54) is 16.8 Å². The lowest BCUT2D eigenvalue weighted by Crippen LogP contribution is -2.24. The van der Waals surface area contributed by atoms with Gasteiger partial charge in [-0.25, -0.2) is 0 Å². The number of halogens is 2. The number of alkyl halides is 2. The molecule has 1 aromatic heterocycles. The van der Waals surface area contributed by atoms with Crippen LogP contribution in [0.4, 0.5) is 25.8 Å². The van der Waals surface area contributed by atoms with E-state index in [-0.39, 0.29) is 30.7 Å². The van der Waals surface area contributed by atoms with Crippen LogP contribution in [0.5, 0.6) is 5.75 Å². The van der Waals surface area contributed by atoms with Crippen molar-refractivity contribution in [1.82, 2.24) is 15.1 Å². The fourth-order valence-corrected chi connectivity index (χ4v) is 3.44. The van der Waals surface area contributed by atoms with E-state index in [1.807, 2.05) is 6.07 Å². The highest BCUT2D eigenvalue weighted by Gasteiger charge is 2.12. The molecule has 0 bridgehead atoms. The van der Waals surface area contributed by atoms with Crippen LogP contribution in [-0.4, -0.2) is 28.2 Å². The maximum atomic E-state index is 12.9. The molecule has 4 rings (SSSR count). The number of anilines is 3. The maximum absolute atomic E-state index is 12.9. The summed E-state index contributed by atoms with van der Waals surface area (Å²) in [6.07, 6.45) is 3.31. The van der Waals surface area contributed by atoms with Gasteiger partial charge in [0.15, 0.2) is 0 Å². The van der Waals surface area contributed by atoms with Gasteiger partial charge in [-0.15, -0.1) is 0 Å². The van der Waals surface area contributed by atoms with Gasteiger partial charge in [0, 0.05) is 30.3 Å². The van der Waals surface area contributed by atoms with Gasteiger partial charge >= 0.3 is 6.61 Å². The van der Waals surface area contributed by atoms with Crippen molar-refractivity contribution in [3.8, 4) is 5.75 Å². The lowest BCUT2D eigenvalue weighted by atomic mass is 10.1. The van der Waals surface area contributed by atoms with Gasteiger partial charge in [-0.3, -0.25) is 14.3 Å². The van der Waals surface area contributed by atoms with Crippen LogP contribution in [0, 0.1) is 0 Å². The first-order valence-electron chi connectivity index (χ1n) is 11.0. The molecule has 0 saturated carbocycles. The summed E-state index contributed by atoms with van der Waals surface area (Å²) in [5.74, 6) is -0.473. The van der Waals surface area contributed by atoms with Crippen molar-refractivity contribution < 1.29 is 23.1 Å². The summed E-state index contributed by atoms with van der Waals surface area (Å²) in [5.41, 5.74) is 2.99. The zero-order chi connectivity index (χ0) is 25.3. The number of para-hydroxylation sites is 1. The van der Waals surface area contributed by atoms with E-state index in [0.717, 1.165) is 5.56 Å². The van der Waals surface area contributed by atoms with Crippen LogP contribution in [0.3, 0.4) is 0 Å². The smallest absolute Gasteiger partial charge is 0.387 e. The summed E-state index contributed by atoms with van der Waals surface area (Å²) >= 11 is 0. The quantitative estimate of drug-likeness (QED) is 0.296. The predicted octanol–water partition coefficient (Wildman–Crippen LogP) is 4.80. The molecule has 4 aromatic rings. The molecule has 0 aliphatic rings. The van der Waals surface area contributed by atoms with Gasteiger partial charge in [0.2, 0.25) is 5.91 Å². The van der Waals surface area contributed by atoms with Crippen molar-refractivity contribution in [2.45, 2.75) is 19.7 Å². The Bertz CT molecular complexity index is 1310. The first-order valence-corrected chi connectivity index (χ1v) is 11.0. The second-order valence-corrected chi connectivity index (χ2v) is 7.71. The Balaban J connectivity index is 1.36. The molecule has 2 amide bonds. The van der Waals surface area contributed by atoms with Gasteiger partial charge in [-0.05, 0) is 60.2 Å². The Labute approximate surface area is 205 Å². The summed E-state index contributed by atoms with van der Waals surface area (Å²) in [6, 6.07) is 21.9. The number of hydrogen-bond donors (Lipinski definition) is 3. The maximum Gasteiger partial charge on any atom is 0.387 e. The van der Waals surface area contributed by atoms with E-state index in [9.17, 15) is 18.4 Å². The molecule has 0 atom stereocenters. The second kappa shape index (κ2) is 11.6. The fourth-order valence-electron chi connectivity index (χ4n) is 3.44. The summed E-state index contributed by atoms with van der Waals surface area (Å²) in [4.78, 5) is 25.1. The number of nitrogens with zero attached hydrogens (tertiary/aromatic N) is 2. The number of aromatic nitrogens is 2. The Kier molecular flexibility index (Phi) is 7.87. The number of rotatable bonds is 10. The molecule has 10 heteroatoms. The van der Waals surface area contributed by atoms with Crippen LogP contribution < -0.4 is 20.7 Å². The number of benzene rings is 3. The normalized spacial score (nSPS) is 10.6. The summed E-state index contributed by atoms with van der Waals surface area (Å²) in [6.45, 7) is -2.55. The topological polar surface area (TPSA) is 97.3 Å². The third-order valence-electron chi connectivity index (χ3n) is 5.06. The molecule has 0 saturated heterocycles. The van der Waals surface area contributed by atoms with E-state index in [4.69, 9.17) is 0 Å². The molecule has 0 fully saturated rings. The van der Waals surface area contributed by atoms with Crippen molar-refractivity contribution in [2.24, 2.45) is 0 Å². The van der Waals surface area contributed by atoms with Crippen molar-refractivity contribution >= 4 is 28.9 Å². The van der Waals surface area contributed by atoms with Crippen LogP contribution in [0.25, 0.3) is 0 Å². The number of amides is 2. The molecular weight excluding hydrogens is 468 g/mol. The Morgan fingerprint density at radius 1 is 0.944 bits per heavy atom. The molecule has 184 valence electrons. The highest BCUT2D eigenvalue weighted by Crippen LogP contribution is 2.24. The fraction of sp³-hybridized carbons (Fsp3) is 0.115. The average Bonchev–Trinajstić information content (AvgIpc) is 3.37. The molecule has 36 heavy (non-hydrogen) atoms. The van der Waals surface area contributed by atoms with Gasteiger partial charge in [-0.2, -0.15) is 13.9 Å². The number of carbonyl (C=O) groups is 2. The Hall–Kier alpha value is -4.73. The molecule has 0 spiro atoms. The predicted molar refractivity (Wildman–Crippen MR) is 131 cm³/mol. The second-order valence-electron chi connectivity index (χ2n) is 7.71. The van der Waals surface area contributed by atoms with Crippen molar-refractivity contribution in [3.05, 3.63) is 102 Å². The minimum absolute atomic E-state index is 0.0429. The largest absolute Gasteiger partial charge is 0.435 e. The van der Waals surface area contributed by atoms with E-state index in [0.29, 0.717) is 22.6 Å². The van der Waals surface area contributed by atoms with Crippen LogP contribution in [0.1, 0.15) is 15.9 Å². The highest BCUT2D eigenvalue weighted by atomic mass is 19.3. The molecule has 3 aromatic carbocycles. The van der Waals surface area contributed by atoms with Crippen LogP contribution in [0.15, 0.2) is 91.3 Å². The number of hydrogen-bond acceptors (Lipinski definition) is 5. The van der Waals surface area contributed by atoms with Crippen molar-refractivity contribution in [1.29, 1.82) is 0 Å². The van der Waals surface area contributed by atoms with Crippen molar-refractivity contribution in [3.63, 3.8) is 0 Å². The molecule has 0 aliphatic heterocycles. The average molecular weight is 491 g/mol. The molecule has 1 heterocycles. The molecule has 8 nitrogen and oxygen atoms in total. The Morgan fingerprint density at radius 2 is 1.75 bits per heavy atom. The van der Waals surface area contributed by atoms with E-state index in [2.05, 4.69) is 25.8 Å². The molecule has 0 radical (unpaired) electrons. The van der Waals surface area contributed by atoms with Crippen LogP contribution in [0.2, 0.25) is 0 Å². The highest BCUT2D eigenvalue weighted by molar-refractivity contribution is 6.00. The first kappa shape index (κ1) is 24.4. The minimum atomic E-state index is -2.90. The van der Waals surface area contributed by atoms with Gasteiger partial charge in [0.1, 0.15) is 12.3 Å². The summed E-state index contributed by atoms with van der Waals surface area (Å²) < 4.78 is 30.6. The van der Waals surface area contributed by atoms with E-state index in [1.54, 1.807) is 73.1 Å². The monoisotopic (exact) mass is 491 g/mol. The number of nitrogens with one attached hydrogen (secondary N) is 3. The third-order valence-corrected chi connectivity index (χ3v) is 5.06. The molecule has 0 unspecified atom stereocenters. The van der Waals surface area contributed by atoms with Crippen LogP contribution >= 0.6 is 0 Å². The SMILES string of the molecule is O=C(Cn1cccn1)Nc1cccc(CNC(=O)c2ccccc2Nc2ccc(OC(F)F)cc2)c1. The first-order chi connectivity index (χ1) is 17.5. The summed E-state index contributed by atoms with van der Waals surface area (Å²) in [5, 5.41) is 12.8. The number of carbonyl (C=O) groups excluding carboxylic acids is 2. The van der Waals surface area contributed by atoms with Gasteiger partial charge < -0.3 is 20.7 Å². The van der Waals surface area contributed by atoms with Gasteiger partial charge in [-0.1, -0.05) is 24.3 Å². The van der Waals surface area contributed by atoms with E-state index < -0.39 is 6.61 Å². The Morgan fingerprint density at radius 3 is 2.50 bits per heavy atom. The van der Waals surface area contributed by atoms with Gasteiger partial charge in [0.25, 0.3) is 5.91 Å². The standard InChI is InChI=1S/C26H23F2N5O3/c27-26(28)36-21-11-9-19(10-12-21)31-23-8-2-1-7-22(23)25(35)29-16-18-5-3-6-20(15-18)32-24(34)17-33-14-4-13-30-33/h1-15,26,31H,16-17H2,(H,29,35)(H,32,34). The third kappa shape index (κ3) is 6.89. The molecule has 3 N–H and O–H groups in total. The zero-order valence-corrected chi connectivity index (χ0v) is 19.0. The van der Waals surface area contributed by atoms with Crippen molar-refractivity contribution in [2.75, 3.05) is 10.6 Å². The lowest BCUT2D eigenvalue weighted by molar-refractivity contribution is -0.116. The zero-order valence-electron chi connectivity index (χ0n) is 19.0. The number of ether oxygens (including phenoxy) is 1.